The number of para-hydroxylation sites is 1. The topological polar surface area (TPSA) is 93.0 Å². The first-order valence-electron chi connectivity index (χ1n) is 10.2. The Morgan fingerprint density at radius 2 is 1.56 bits per heavy atom. The van der Waals surface area contributed by atoms with E-state index in [2.05, 4.69) is 0 Å². The SMILES string of the molecule is O=C1C2ON(c3ccccc3)C(c3cccc([N+](=O)[O-])c3)C2C(=O)N1Cc1ccccc1. The van der Waals surface area contributed by atoms with E-state index in [1.165, 1.54) is 22.1 Å². The number of nitrogens with zero attached hydrogens (tertiary/aromatic N) is 3. The summed E-state index contributed by atoms with van der Waals surface area (Å²) in [6, 6.07) is 23.8. The zero-order valence-corrected chi connectivity index (χ0v) is 16.9. The second-order valence-corrected chi connectivity index (χ2v) is 7.76. The summed E-state index contributed by atoms with van der Waals surface area (Å²) >= 11 is 0. The van der Waals surface area contributed by atoms with Crippen molar-refractivity contribution in [2.24, 2.45) is 5.92 Å². The van der Waals surface area contributed by atoms with E-state index in [4.69, 9.17) is 4.84 Å². The quantitative estimate of drug-likeness (QED) is 0.349. The predicted octanol–water partition coefficient (Wildman–Crippen LogP) is 3.64. The largest absolute Gasteiger partial charge is 0.275 e. The molecule has 3 aromatic rings. The smallest absolute Gasteiger partial charge is 0.269 e. The Kier molecular flexibility index (Phi) is 4.91. The van der Waals surface area contributed by atoms with Crippen LogP contribution in [0.4, 0.5) is 11.4 Å². The number of imide groups is 1. The van der Waals surface area contributed by atoms with Gasteiger partial charge in [0, 0.05) is 12.1 Å². The van der Waals surface area contributed by atoms with Crippen LogP contribution < -0.4 is 5.06 Å². The molecule has 2 heterocycles. The Morgan fingerprint density at radius 1 is 0.875 bits per heavy atom. The van der Waals surface area contributed by atoms with Crippen LogP contribution >= 0.6 is 0 Å². The number of non-ortho nitro benzene ring substituents is 1. The first-order chi connectivity index (χ1) is 15.5. The Hall–Kier alpha value is -4.04. The van der Waals surface area contributed by atoms with Gasteiger partial charge in [-0.3, -0.25) is 29.4 Å². The van der Waals surface area contributed by atoms with E-state index in [1.54, 1.807) is 12.1 Å². The van der Waals surface area contributed by atoms with Gasteiger partial charge in [-0.1, -0.05) is 60.7 Å². The molecule has 8 nitrogen and oxygen atoms in total. The molecule has 160 valence electrons. The van der Waals surface area contributed by atoms with Crippen molar-refractivity contribution in [2.75, 3.05) is 5.06 Å². The molecule has 5 rings (SSSR count). The predicted molar refractivity (Wildman–Crippen MR) is 115 cm³/mol. The molecule has 3 unspecified atom stereocenters. The van der Waals surface area contributed by atoms with Crippen LogP contribution in [0.15, 0.2) is 84.9 Å². The van der Waals surface area contributed by atoms with Crippen molar-refractivity contribution in [2.45, 2.75) is 18.7 Å². The highest BCUT2D eigenvalue weighted by molar-refractivity contribution is 6.07. The molecule has 2 aliphatic heterocycles. The van der Waals surface area contributed by atoms with Gasteiger partial charge in [-0.15, -0.1) is 0 Å². The molecule has 2 amide bonds. The number of benzene rings is 3. The maximum atomic E-state index is 13.4. The average Bonchev–Trinajstić information content (AvgIpc) is 3.32. The number of nitro benzene ring substituents is 1. The van der Waals surface area contributed by atoms with Gasteiger partial charge in [-0.2, -0.15) is 0 Å². The van der Waals surface area contributed by atoms with E-state index in [0.717, 1.165) is 5.56 Å². The van der Waals surface area contributed by atoms with E-state index in [0.29, 0.717) is 11.3 Å². The zero-order chi connectivity index (χ0) is 22.2. The molecule has 2 saturated heterocycles. The van der Waals surface area contributed by atoms with Gasteiger partial charge >= 0.3 is 0 Å². The number of amides is 2. The molecule has 3 atom stereocenters. The molecule has 32 heavy (non-hydrogen) atoms. The molecule has 2 aliphatic rings. The molecule has 0 saturated carbocycles. The third kappa shape index (κ3) is 3.30. The van der Waals surface area contributed by atoms with Crippen molar-refractivity contribution in [1.82, 2.24) is 4.90 Å². The van der Waals surface area contributed by atoms with Crippen molar-refractivity contribution >= 4 is 23.2 Å². The zero-order valence-electron chi connectivity index (χ0n) is 16.9. The number of hydrogen-bond acceptors (Lipinski definition) is 6. The maximum Gasteiger partial charge on any atom is 0.269 e. The lowest BCUT2D eigenvalue weighted by atomic mass is 9.90. The fourth-order valence-corrected chi connectivity index (χ4v) is 4.35. The number of likely N-dealkylation sites (tertiary alicyclic amines) is 1. The molecule has 0 aromatic heterocycles. The molecule has 0 bridgehead atoms. The van der Waals surface area contributed by atoms with Crippen LogP contribution in [0.3, 0.4) is 0 Å². The lowest BCUT2D eigenvalue weighted by Crippen LogP contribution is -2.36. The third-order valence-electron chi connectivity index (χ3n) is 5.82. The first kappa shape index (κ1) is 19.9. The monoisotopic (exact) mass is 429 g/mol. The second-order valence-electron chi connectivity index (χ2n) is 7.76. The van der Waals surface area contributed by atoms with Crippen LogP contribution in [0.1, 0.15) is 17.2 Å². The first-order valence-corrected chi connectivity index (χ1v) is 10.2. The molecule has 0 radical (unpaired) electrons. The number of carbonyl (C=O) groups excluding carboxylic acids is 2. The third-order valence-corrected chi connectivity index (χ3v) is 5.82. The Bertz CT molecular complexity index is 1180. The van der Waals surface area contributed by atoms with Crippen LogP contribution in [0.5, 0.6) is 0 Å². The summed E-state index contributed by atoms with van der Waals surface area (Å²) in [7, 11) is 0. The Labute approximate surface area is 183 Å². The van der Waals surface area contributed by atoms with Crippen LogP contribution in [-0.2, 0) is 21.0 Å². The average molecular weight is 429 g/mol. The van der Waals surface area contributed by atoms with Crippen LogP contribution in [-0.4, -0.2) is 27.7 Å². The number of hydroxylamine groups is 1. The lowest BCUT2D eigenvalue weighted by molar-refractivity contribution is -0.384. The number of rotatable bonds is 5. The minimum Gasteiger partial charge on any atom is -0.275 e. The molecule has 0 spiro atoms. The molecule has 2 fully saturated rings. The van der Waals surface area contributed by atoms with Crippen LogP contribution in [0.2, 0.25) is 0 Å². The fourth-order valence-electron chi connectivity index (χ4n) is 4.35. The fraction of sp³-hybridized carbons (Fsp3) is 0.167. The molecular weight excluding hydrogens is 410 g/mol. The number of anilines is 1. The van der Waals surface area contributed by atoms with Crippen LogP contribution in [0, 0.1) is 16.0 Å². The van der Waals surface area contributed by atoms with Crippen molar-refractivity contribution in [3.05, 3.63) is 106 Å². The summed E-state index contributed by atoms with van der Waals surface area (Å²) in [5.74, 6) is -1.56. The van der Waals surface area contributed by atoms with E-state index in [1.807, 2.05) is 60.7 Å². The summed E-state index contributed by atoms with van der Waals surface area (Å²) in [4.78, 5) is 44.8. The van der Waals surface area contributed by atoms with E-state index in [9.17, 15) is 19.7 Å². The molecular formula is C24H19N3O5. The van der Waals surface area contributed by atoms with Crippen molar-refractivity contribution in [3.63, 3.8) is 0 Å². The molecule has 8 heteroatoms. The van der Waals surface area contributed by atoms with Crippen LogP contribution in [0.25, 0.3) is 0 Å². The number of hydrogen-bond donors (Lipinski definition) is 0. The number of carbonyl (C=O) groups is 2. The van der Waals surface area contributed by atoms with Crippen molar-refractivity contribution < 1.29 is 19.3 Å². The van der Waals surface area contributed by atoms with E-state index >= 15 is 0 Å². The summed E-state index contributed by atoms with van der Waals surface area (Å²) in [5, 5.41) is 12.9. The van der Waals surface area contributed by atoms with Gasteiger partial charge in [-0.25, -0.2) is 5.06 Å². The van der Waals surface area contributed by atoms with Gasteiger partial charge in [0.25, 0.3) is 11.6 Å². The summed E-state index contributed by atoms with van der Waals surface area (Å²) < 4.78 is 0. The lowest BCUT2D eigenvalue weighted by Gasteiger charge is -2.28. The number of fused-ring (bicyclic) bond motifs is 1. The van der Waals surface area contributed by atoms with Gasteiger partial charge in [0.1, 0.15) is 5.92 Å². The molecule has 0 aliphatic carbocycles. The van der Waals surface area contributed by atoms with Gasteiger partial charge in [0.05, 0.1) is 23.2 Å². The minimum absolute atomic E-state index is 0.0862. The second kappa shape index (κ2) is 7.90. The Balaban J connectivity index is 1.55. The highest BCUT2D eigenvalue weighted by atomic mass is 16.7. The maximum absolute atomic E-state index is 13.4. The summed E-state index contributed by atoms with van der Waals surface area (Å²) in [6.07, 6.45) is -0.990. The molecule has 0 N–H and O–H groups in total. The van der Waals surface area contributed by atoms with Crippen molar-refractivity contribution in [3.8, 4) is 0 Å². The summed E-state index contributed by atoms with van der Waals surface area (Å²) in [5.41, 5.74) is 1.95. The standard InChI is InChI=1S/C24H19N3O5/c28-23-20-21(17-10-7-13-19(14-17)27(30)31)26(18-11-5-2-6-12-18)32-22(20)24(29)25(23)15-16-8-3-1-4-9-16/h1-14,20-22H,15H2. The summed E-state index contributed by atoms with van der Waals surface area (Å²) in [6.45, 7) is 0.155. The highest BCUT2D eigenvalue weighted by Crippen LogP contribution is 2.47. The normalized spacial score (nSPS) is 22.3. The minimum atomic E-state index is -0.990. The van der Waals surface area contributed by atoms with Gasteiger partial charge < -0.3 is 0 Å². The van der Waals surface area contributed by atoms with Crippen molar-refractivity contribution in [1.29, 1.82) is 0 Å². The number of nitro groups is 1. The van der Waals surface area contributed by atoms with E-state index in [-0.39, 0.29) is 18.1 Å². The molecule has 3 aromatic carbocycles. The highest BCUT2D eigenvalue weighted by Gasteiger charge is 2.59. The van der Waals surface area contributed by atoms with E-state index < -0.39 is 28.9 Å². The van der Waals surface area contributed by atoms with Gasteiger partial charge in [0.15, 0.2) is 6.10 Å². The van der Waals surface area contributed by atoms with Gasteiger partial charge in [-0.05, 0) is 23.3 Å². The van der Waals surface area contributed by atoms with Gasteiger partial charge in [0.2, 0.25) is 5.91 Å². The Morgan fingerprint density at radius 3 is 2.25 bits per heavy atom.